The maximum Gasteiger partial charge on any atom is 0.127 e. The normalized spacial score (nSPS) is 12.8. The monoisotopic (exact) mass is 258 g/mol. The molecule has 2 N–H and O–H groups in total. The number of halogens is 2. The van der Waals surface area contributed by atoms with Gasteiger partial charge in [0, 0.05) is 24.6 Å². The molecule has 1 atom stereocenters. The second-order valence-electron chi connectivity index (χ2n) is 4.17. The first-order chi connectivity index (χ1) is 7.90. The molecule has 1 aromatic carbocycles. The molecule has 1 aromatic rings. The molecule has 0 spiro atoms. The van der Waals surface area contributed by atoms with Crippen molar-refractivity contribution >= 4 is 17.2 Å². The molecule has 1 rings (SSSR count). The van der Waals surface area contributed by atoms with Crippen LogP contribution in [0.25, 0.3) is 0 Å². The number of nitrogens with zero attached hydrogens (tertiary/aromatic N) is 1. The van der Waals surface area contributed by atoms with E-state index in [2.05, 4.69) is 0 Å². The minimum atomic E-state index is -0.434. The molecule has 17 heavy (non-hydrogen) atoms. The fourth-order valence-electron chi connectivity index (χ4n) is 1.54. The van der Waals surface area contributed by atoms with Gasteiger partial charge in [0.2, 0.25) is 0 Å². The minimum Gasteiger partial charge on any atom is -0.393 e. The van der Waals surface area contributed by atoms with Crippen molar-refractivity contribution < 1.29 is 8.78 Å². The maximum atomic E-state index is 13.4. The number of thiocarbonyl (C=S) groups is 1. The van der Waals surface area contributed by atoms with Crippen molar-refractivity contribution in [2.45, 2.75) is 25.9 Å². The average molecular weight is 258 g/mol. The van der Waals surface area contributed by atoms with E-state index < -0.39 is 11.6 Å². The third-order valence-electron chi connectivity index (χ3n) is 2.68. The van der Waals surface area contributed by atoms with Gasteiger partial charge >= 0.3 is 0 Å². The Morgan fingerprint density at radius 3 is 2.71 bits per heavy atom. The van der Waals surface area contributed by atoms with Crippen LogP contribution in [-0.4, -0.2) is 23.0 Å². The number of rotatable bonds is 5. The van der Waals surface area contributed by atoms with Crippen LogP contribution in [-0.2, 0) is 6.54 Å². The van der Waals surface area contributed by atoms with E-state index in [1.807, 2.05) is 18.9 Å². The van der Waals surface area contributed by atoms with Gasteiger partial charge in [-0.15, -0.1) is 0 Å². The fourth-order valence-corrected chi connectivity index (χ4v) is 1.78. The number of benzene rings is 1. The summed E-state index contributed by atoms with van der Waals surface area (Å²) < 4.78 is 26.4. The van der Waals surface area contributed by atoms with E-state index in [-0.39, 0.29) is 6.04 Å². The Bertz CT molecular complexity index is 409. The molecular weight excluding hydrogens is 242 g/mol. The van der Waals surface area contributed by atoms with E-state index in [0.717, 1.165) is 12.1 Å². The van der Waals surface area contributed by atoms with Crippen molar-refractivity contribution in [1.29, 1.82) is 0 Å². The molecule has 0 saturated heterocycles. The van der Waals surface area contributed by atoms with Gasteiger partial charge in [-0.3, -0.25) is 4.90 Å². The lowest BCUT2D eigenvalue weighted by molar-refractivity contribution is 0.251. The molecule has 1 unspecified atom stereocenters. The second-order valence-corrected chi connectivity index (χ2v) is 4.69. The van der Waals surface area contributed by atoms with Crippen molar-refractivity contribution in [2.75, 3.05) is 7.05 Å². The van der Waals surface area contributed by atoms with Crippen molar-refractivity contribution in [3.8, 4) is 0 Å². The van der Waals surface area contributed by atoms with Crippen LogP contribution in [0.5, 0.6) is 0 Å². The summed E-state index contributed by atoms with van der Waals surface area (Å²) >= 11 is 4.82. The van der Waals surface area contributed by atoms with Gasteiger partial charge in [0.15, 0.2) is 0 Å². The molecule has 0 amide bonds. The minimum absolute atomic E-state index is 0.0927. The highest BCUT2D eigenvalue weighted by molar-refractivity contribution is 7.80. The predicted octanol–water partition coefficient (Wildman–Crippen LogP) is 2.46. The van der Waals surface area contributed by atoms with Gasteiger partial charge < -0.3 is 5.73 Å². The lowest BCUT2D eigenvalue weighted by Gasteiger charge is -2.24. The topological polar surface area (TPSA) is 29.3 Å². The van der Waals surface area contributed by atoms with Crippen LogP contribution in [0.4, 0.5) is 8.78 Å². The highest BCUT2D eigenvalue weighted by Crippen LogP contribution is 2.14. The summed E-state index contributed by atoms with van der Waals surface area (Å²) in [5, 5.41) is 0. The zero-order chi connectivity index (χ0) is 13.0. The fraction of sp³-hybridized carbons (Fsp3) is 0.417. The van der Waals surface area contributed by atoms with E-state index in [4.69, 9.17) is 18.0 Å². The van der Waals surface area contributed by atoms with E-state index >= 15 is 0 Å². The number of nitrogens with two attached hydrogens (primary N) is 1. The average Bonchev–Trinajstić information content (AvgIpc) is 2.22. The SMILES string of the molecule is CC(CC(N)=S)N(C)Cc1cc(F)ccc1F. The summed E-state index contributed by atoms with van der Waals surface area (Å²) in [6.07, 6.45) is 0.558. The van der Waals surface area contributed by atoms with Crippen molar-refractivity contribution in [3.05, 3.63) is 35.4 Å². The Labute approximate surface area is 105 Å². The van der Waals surface area contributed by atoms with E-state index in [1.165, 1.54) is 6.07 Å². The predicted molar refractivity (Wildman–Crippen MR) is 68.7 cm³/mol. The lowest BCUT2D eigenvalue weighted by atomic mass is 10.1. The summed E-state index contributed by atoms with van der Waals surface area (Å²) in [5.41, 5.74) is 5.78. The van der Waals surface area contributed by atoms with Gasteiger partial charge in [0.25, 0.3) is 0 Å². The molecular formula is C12H16F2N2S. The summed E-state index contributed by atoms with van der Waals surface area (Å²) in [6, 6.07) is 3.54. The van der Waals surface area contributed by atoms with E-state index in [9.17, 15) is 8.78 Å². The standard InChI is InChI=1S/C12H16F2N2S/c1-8(5-12(15)17)16(2)7-9-6-10(13)3-4-11(9)14/h3-4,6,8H,5,7H2,1-2H3,(H2,15,17). The summed E-state index contributed by atoms with van der Waals surface area (Å²) in [4.78, 5) is 2.31. The van der Waals surface area contributed by atoms with Crippen LogP contribution < -0.4 is 5.73 Å². The Morgan fingerprint density at radius 2 is 2.12 bits per heavy atom. The van der Waals surface area contributed by atoms with Gasteiger partial charge in [-0.05, 0) is 32.2 Å². The molecule has 0 fully saturated rings. The molecule has 0 saturated carbocycles. The molecule has 0 heterocycles. The van der Waals surface area contributed by atoms with Crippen LogP contribution in [0.2, 0.25) is 0 Å². The molecule has 0 aliphatic rings. The number of hydrogen-bond donors (Lipinski definition) is 1. The third-order valence-corrected chi connectivity index (χ3v) is 2.84. The van der Waals surface area contributed by atoms with Crippen molar-refractivity contribution in [3.63, 3.8) is 0 Å². The first kappa shape index (κ1) is 14.0. The van der Waals surface area contributed by atoms with Gasteiger partial charge in [-0.1, -0.05) is 12.2 Å². The van der Waals surface area contributed by atoms with Crippen LogP contribution in [0.15, 0.2) is 18.2 Å². The lowest BCUT2D eigenvalue weighted by Crippen LogP contribution is -2.32. The Balaban J connectivity index is 2.70. The van der Waals surface area contributed by atoms with Crippen LogP contribution in [0.1, 0.15) is 18.9 Å². The maximum absolute atomic E-state index is 13.4. The van der Waals surface area contributed by atoms with Crippen LogP contribution >= 0.6 is 12.2 Å². The van der Waals surface area contributed by atoms with Gasteiger partial charge in [0.1, 0.15) is 11.6 Å². The quantitative estimate of drug-likeness (QED) is 0.823. The van der Waals surface area contributed by atoms with Crippen LogP contribution in [0, 0.1) is 11.6 Å². The van der Waals surface area contributed by atoms with Gasteiger partial charge in [-0.25, -0.2) is 8.78 Å². The first-order valence-electron chi connectivity index (χ1n) is 5.32. The van der Waals surface area contributed by atoms with Crippen molar-refractivity contribution in [2.24, 2.45) is 5.73 Å². The van der Waals surface area contributed by atoms with Gasteiger partial charge in [-0.2, -0.15) is 0 Å². The number of hydrogen-bond acceptors (Lipinski definition) is 2. The van der Waals surface area contributed by atoms with Crippen molar-refractivity contribution in [1.82, 2.24) is 4.90 Å². The van der Waals surface area contributed by atoms with E-state index in [0.29, 0.717) is 23.5 Å². The Hall–Kier alpha value is -1.07. The Kier molecular flexibility index (Phi) is 4.96. The Morgan fingerprint density at radius 1 is 1.47 bits per heavy atom. The largest absolute Gasteiger partial charge is 0.393 e. The summed E-state index contributed by atoms with van der Waals surface area (Å²) in [5.74, 6) is -0.836. The zero-order valence-electron chi connectivity index (χ0n) is 9.91. The second kappa shape index (κ2) is 6.02. The van der Waals surface area contributed by atoms with Crippen LogP contribution in [0.3, 0.4) is 0 Å². The third kappa shape index (κ3) is 4.36. The molecule has 94 valence electrons. The summed E-state index contributed by atoms with van der Waals surface area (Å²) in [7, 11) is 1.83. The van der Waals surface area contributed by atoms with Gasteiger partial charge in [0.05, 0.1) is 4.99 Å². The summed E-state index contributed by atoms with van der Waals surface area (Å²) in [6.45, 7) is 2.27. The molecule has 2 nitrogen and oxygen atoms in total. The molecule has 0 bridgehead atoms. The molecule has 0 radical (unpaired) electrons. The highest BCUT2D eigenvalue weighted by Gasteiger charge is 2.13. The highest BCUT2D eigenvalue weighted by atomic mass is 32.1. The zero-order valence-corrected chi connectivity index (χ0v) is 10.7. The molecule has 5 heteroatoms. The first-order valence-corrected chi connectivity index (χ1v) is 5.73. The smallest absolute Gasteiger partial charge is 0.127 e. The molecule has 0 aliphatic heterocycles. The molecule has 0 aromatic heterocycles. The molecule has 0 aliphatic carbocycles. The van der Waals surface area contributed by atoms with E-state index in [1.54, 1.807) is 0 Å².